The Morgan fingerprint density at radius 1 is 1.37 bits per heavy atom. The molecule has 1 heterocycles. The first-order valence-corrected chi connectivity index (χ1v) is 6.51. The van der Waals surface area contributed by atoms with E-state index in [4.69, 9.17) is 23.2 Å². The van der Waals surface area contributed by atoms with Gasteiger partial charge in [0, 0.05) is 12.1 Å². The van der Waals surface area contributed by atoms with Crippen LogP contribution in [0.2, 0.25) is 10.0 Å². The molecular formula is C13H11Cl2FN2O. The molecule has 0 spiro atoms. The Balaban J connectivity index is 2.46. The van der Waals surface area contributed by atoms with Crippen molar-refractivity contribution in [2.45, 2.75) is 19.9 Å². The van der Waals surface area contributed by atoms with Crippen molar-refractivity contribution in [3.8, 4) is 0 Å². The predicted octanol–water partition coefficient (Wildman–Crippen LogP) is 3.97. The van der Waals surface area contributed by atoms with Crippen molar-refractivity contribution in [3.05, 3.63) is 51.5 Å². The van der Waals surface area contributed by atoms with E-state index in [0.29, 0.717) is 6.54 Å². The first-order chi connectivity index (χ1) is 9.04. The Morgan fingerprint density at radius 2 is 2.11 bits per heavy atom. The van der Waals surface area contributed by atoms with E-state index in [1.807, 2.05) is 6.92 Å². The van der Waals surface area contributed by atoms with Crippen molar-refractivity contribution in [2.75, 3.05) is 0 Å². The monoisotopic (exact) mass is 300 g/mol. The van der Waals surface area contributed by atoms with Gasteiger partial charge in [0.25, 0.3) is 0 Å². The Hall–Kier alpha value is -1.39. The number of benzene rings is 1. The number of ketones is 1. The lowest BCUT2D eigenvalue weighted by Crippen LogP contribution is -2.12. The van der Waals surface area contributed by atoms with E-state index in [1.54, 1.807) is 0 Å². The SMILES string of the molecule is CCCn1ncc(Cl)c1C(=O)c1ccc(F)cc1Cl. The lowest BCUT2D eigenvalue weighted by molar-refractivity contribution is 0.102. The molecular weight excluding hydrogens is 290 g/mol. The zero-order chi connectivity index (χ0) is 14.0. The van der Waals surface area contributed by atoms with Crippen LogP contribution in [0.15, 0.2) is 24.4 Å². The van der Waals surface area contributed by atoms with E-state index in [2.05, 4.69) is 5.10 Å². The smallest absolute Gasteiger partial charge is 0.214 e. The van der Waals surface area contributed by atoms with Gasteiger partial charge in [-0.1, -0.05) is 30.1 Å². The van der Waals surface area contributed by atoms with Crippen molar-refractivity contribution in [1.29, 1.82) is 0 Å². The number of hydrogen-bond acceptors (Lipinski definition) is 2. The van der Waals surface area contributed by atoms with Gasteiger partial charge in [-0.05, 0) is 24.6 Å². The molecule has 0 saturated carbocycles. The van der Waals surface area contributed by atoms with E-state index in [1.165, 1.54) is 23.0 Å². The molecule has 0 aliphatic rings. The average Bonchev–Trinajstić information content (AvgIpc) is 2.70. The summed E-state index contributed by atoms with van der Waals surface area (Å²) >= 11 is 11.9. The molecule has 0 radical (unpaired) electrons. The zero-order valence-electron chi connectivity index (χ0n) is 10.2. The van der Waals surface area contributed by atoms with Crippen LogP contribution in [0.4, 0.5) is 4.39 Å². The summed E-state index contributed by atoms with van der Waals surface area (Å²) in [5.74, 6) is -0.851. The quantitative estimate of drug-likeness (QED) is 0.801. The number of hydrogen-bond donors (Lipinski definition) is 0. The molecule has 0 fully saturated rings. The summed E-state index contributed by atoms with van der Waals surface area (Å²) in [4.78, 5) is 12.4. The number of aromatic nitrogens is 2. The van der Waals surface area contributed by atoms with Crippen molar-refractivity contribution in [2.24, 2.45) is 0 Å². The topological polar surface area (TPSA) is 34.9 Å². The van der Waals surface area contributed by atoms with Crippen LogP contribution in [0.5, 0.6) is 0 Å². The average molecular weight is 301 g/mol. The first kappa shape index (κ1) is 14.0. The highest BCUT2D eigenvalue weighted by Gasteiger charge is 2.21. The second kappa shape index (κ2) is 5.72. The molecule has 6 heteroatoms. The van der Waals surface area contributed by atoms with Gasteiger partial charge in [-0.2, -0.15) is 5.10 Å². The summed E-state index contributed by atoms with van der Waals surface area (Å²) in [6.07, 6.45) is 2.23. The Morgan fingerprint density at radius 3 is 2.74 bits per heavy atom. The van der Waals surface area contributed by atoms with Gasteiger partial charge in [0.05, 0.1) is 16.2 Å². The molecule has 0 aliphatic heterocycles. The molecule has 0 atom stereocenters. The minimum Gasteiger partial charge on any atom is -0.287 e. The third-order valence-corrected chi connectivity index (χ3v) is 3.21. The van der Waals surface area contributed by atoms with Crippen LogP contribution < -0.4 is 0 Å². The summed E-state index contributed by atoms with van der Waals surface area (Å²) in [5, 5.41) is 4.37. The fraction of sp³-hybridized carbons (Fsp3) is 0.231. The molecule has 0 amide bonds. The molecule has 0 N–H and O–H groups in total. The van der Waals surface area contributed by atoms with Gasteiger partial charge in [-0.15, -0.1) is 0 Å². The number of aryl methyl sites for hydroxylation is 1. The third-order valence-electron chi connectivity index (χ3n) is 2.62. The summed E-state index contributed by atoms with van der Waals surface area (Å²) in [5.41, 5.74) is 0.486. The van der Waals surface area contributed by atoms with Crippen molar-refractivity contribution in [1.82, 2.24) is 9.78 Å². The summed E-state index contributed by atoms with van der Waals surface area (Å²) in [6.45, 7) is 2.54. The summed E-state index contributed by atoms with van der Waals surface area (Å²) in [7, 11) is 0. The first-order valence-electron chi connectivity index (χ1n) is 5.75. The number of carbonyl (C=O) groups is 1. The highest BCUT2D eigenvalue weighted by molar-refractivity contribution is 6.37. The van der Waals surface area contributed by atoms with E-state index in [0.717, 1.165) is 12.5 Å². The zero-order valence-corrected chi connectivity index (χ0v) is 11.7. The van der Waals surface area contributed by atoms with E-state index < -0.39 is 5.82 Å². The molecule has 100 valence electrons. The number of carbonyl (C=O) groups excluding carboxylic acids is 1. The van der Waals surface area contributed by atoms with Crippen LogP contribution in [0, 0.1) is 5.82 Å². The van der Waals surface area contributed by atoms with Crippen LogP contribution in [-0.4, -0.2) is 15.6 Å². The molecule has 2 rings (SSSR count). The molecule has 0 unspecified atom stereocenters. The molecule has 0 bridgehead atoms. The fourth-order valence-corrected chi connectivity index (χ4v) is 2.25. The minimum atomic E-state index is -0.491. The molecule has 1 aromatic heterocycles. The van der Waals surface area contributed by atoms with Gasteiger partial charge in [0.15, 0.2) is 0 Å². The summed E-state index contributed by atoms with van der Waals surface area (Å²) in [6, 6.07) is 3.64. The normalized spacial score (nSPS) is 10.7. The van der Waals surface area contributed by atoms with Crippen LogP contribution >= 0.6 is 23.2 Å². The number of rotatable bonds is 4. The van der Waals surface area contributed by atoms with Gasteiger partial charge in [-0.25, -0.2) is 4.39 Å². The fourth-order valence-electron chi connectivity index (χ4n) is 1.77. The van der Waals surface area contributed by atoms with Crippen LogP contribution in [0.25, 0.3) is 0 Å². The highest BCUT2D eigenvalue weighted by atomic mass is 35.5. The number of halogens is 3. The molecule has 3 nitrogen and oxygen atoms in total. The van der Waals surface area contributed by atoms with Crippen molar-refractivity contribution < 1.29 is 9.18 Å². The highest BCUT2D eigenvalue weighted by Crippen LogP contribution is 2.24. The molecule has 1 aromatic carbocycles. The maximum absolute atomic E-state index is 13.0. The van der Waals surface area contributed by atoms with Gasteiger partial charge < -0.3 is 0 Å². The lowest BCUT2D eigenvalue weighted by Gasteiger charge is -2.07. The largest absolute Gasteiger partial charge is 0.287 e. The Bertz CT molecular complexity index is 625. The van der Waals surface area contributed by atoms with E-state index in [9.17, 15) is 9.18 Å². The third kappa shape index (κ3) is 2.80. The molecule has 2 aromatic rings. The van der Waals surface area contributed by atoms with Crippen LogP contribution in [-0.2, 0) is 6.54 Å². The summed E-state index contributed by atoms with van der Waals surface area (Å²) < 4.78 is 14.5. The maximum Gasteiger partial charge on any atom is 0.214 e. The van der Waals surface area contributed by atoms with Gasteiger partial charge >= 0.3 is 0 Å². The van der Waals surface area contributed by atoms with Gasteiger partial charge in [0.1, 0.15) is 11.5 Å². The van der Waals surface area contributed by atoms with Gasteiger partial charge in [0.2, 0.25) is 5.78 Å². The van der Waals surface area contributed by atoms with Gasteiger partial charge in [-0.3, -0.25) is 9.48 Å². The Kier molecular flexibility index (Phi) is 4.22. The molecule has 19 heavy (non-hydrogen) atoms. The van der Waals surface area contributed by atoms with E-state index >= 15 is 0 Å². The second-order valence-corrected chi connectivity index (χ2v) is 4.83. The van der Waals surface area contributed by atoms with E-state index in [-0.39, 0.29) is 27.1 Å². The number of nitrogens with zero attached hydrogens (tertiary/aromatic N) is 2. The second-order valence-electron chi connectivity index (χ2n) is 4.02. The Labute approximate surface area is 119 Å². The molecule has 0 aliphatic carbocycles. The van der Waals surface area contributed by atoms with Crippen molar-refractivity contribution in [3.63, 3.8) is 0 Å². The van der Waals surface area contributed by atoms with Crippen LogP contribution in [0.3, 0.4) is 0 Å². The van der Waals surface area contributed by atoms with Crippen molar-refractivity contribution >= 4 is 29.0 Å². The maximum atomic E-state index is 13.0. The standard InChI is InChI=1S/C13H11Cl2FN2O/c1-2-5-18-12(11(15)7-17-18)13(19)9-4-3-8(16)6-10(9)14/h3-4,6-7H,2,5H2,1H3. The molecule has 0 saturated heterocycles. The minimum absolute atomic E-state index is 0.0605. The van der Waals surface area contributed by atoms with Crippen LogP contribution in [0.1, 0.15) is 29.4 Å². The lowest BCUT2D eigenvalue weighted by atomic mass is 10.1. The predicted molar refractivity (Wildman–Crippen MR) is 72.4 cm³/mol.